The third kappa shape index (κ3) is 2.42. The third-order valence-electron chi connectivity index (χ3n) is 3.44. The molecule has 3 rings (SSSR count). The van der Waals surface area contributed by atoms with Crippen LogP contribution in [-0.2, 0) is 0 Å². The quantitative estimate of drug-likeness (QED) is 0.447. The Morgan fingerprint density at radius 1 is 1.26 bits per heavy atom. The maximum atomic E-state index is 13.1. The van der Waals surface area contributed by atoms with Gasteiger partial charge in [0.25, 0.3) is 0 Å². The number of nitro benzene ring substituents is 1. The Balaban J connectivity index is 2.33. The van der Waals surface area contributed by atoms with Gasteiger partial charge in [0.15, 0.2) is 11.5 Å². The number of carbonyl (C=O) groups is 1. The van der Waals surface area contributed by atoms with Gasteiger partial charge in [-0.2, -0.15) is 0 Å². The summed E-state index contributed by atoms with van der Waals surface area (Å²) in [6.45, 7) is 1.32. The highest BCUT2D eigenvalue weighted by Crippen LogP contribution is 2.39. The van der Waals surface area contributed by atoms with E-state index in [1.165, 1.54) is 31.2 Å². The zero-order valence-corrected chi connectivity index (χ0v) is 11.9. The lowest BCUT2D eigenvalue weighted by Gasteiger charge is -2.00. The molecule has 23 heavy (non-hydrogen) atoms. The van der Waals surface area contributed by atoms with E-state index in [4.69, 9.17) is 4.42 Å². The van der Waals surface area contributed by atoms with Crippen LogP contribution < -0.4 is 0 Å². The van der Waals surface area contributed by atoms with Crippen molar-refractivity contribution < 1.29 is 23.6 Å². The van der Waals surface area contributed by atoms with Crippen molar-refractivity contribution in [3.63, 3.8) is 0 Å². The second-order valence-electron chi connectivity index (χ2n) is 4.96. The zero-order valence-electron chi connectivity index (χ0n) is 11.9. The van der Waals surface area contributed by atoms with Gasteiger partial charge >= 0.3 is 5.69 Å². The Morgan fingerprint density at radius 3 is 2.48 bits per heavy atom. The van der Waals surface area contributed by atoms with Gasteiger partial charge in [-0.25, -0.2) is 4.39 Å². The minimum absolute atomic E-state index is 0.0963. The SMILES string of the molecule is CC(=O)c1c(-c2ccc(F)cc2)oc2cc([N+](=O)[O-])c(O)cc12. The molecule has 7 heteroatoms. The molecule has 0 aliphatic rings. The van der Waals surface area contributed by atoms with Gasteiger partial charge in [0.05, 0.1) is 16.6 Å². The molecule has 0 aliphatic heterocycles. The monoisotopic (exact) mass is 315 g/mol. The molecule has 3 aromatic rings. The summed E-state index contributed by atoms with van der Waals surface area (Å²) >= 11 is 0. The second-order valence-corrected chi connectivity index (χ2v) is 4.96. The standard InChI is InChI=1S/C16H10FNO5/c1-8(19)15-11-6-13(20)12(18(21)22)7-14(11)23-16(15)9-2-4-10(17)5-3-9/h2-7,20H,1H3. The molecule has 0 saturated heterocycles. The highest BCUT2D eigenvalue weighted by atomic mass is 19.1. The van der Waals surface area contributed by atoms with E-state index in [0.717, 1.165) is 12.1 Å². The van der Waals surface area contributed by atoms with Crippen LogP contribution in [-0.4, -0.2) is 15.8 Å². The van der Waals surface area contributed by atoms with Gasteiger partial charge < -0.3 is 9.52 Å². The van der Waals surface area contributed by atoms with Crippen molar-refractivity contribution in [2.24, 2.45) is 0 Å². The number of fused-ring (bicyclic) bond motifs is 1. The summed E-state index contributed by atoms with van der Waals surface area (Å²) in [7, 11) is 0. The normalized spacial score (nSPS) is 10.9. The van der Waals surface area contributed by atoms with Gasteiger partial charge in [-0.05, 0) is 37.3 Å². The number of hydrogen-bond donors (Lipinski definition) is 1. The molecule has 0 atom stereocenters. The van der Waals surface area contributed by atoms with Gasteiger partial charge in [-0.15, -0.1) is 0 Å². The van der Waals surface area contributed by atoms with Gasteiger partial charge in [-0.3, -0.25) is 14.9 Å². The molecule has 0 aliphatic carbocycles. The number of phenolic OH excluding ortho intramolecular Hbond substituents is 1. The van der Waals surface area contributed by atoms with Crippen LogP contribution in [0.25, 0.3) is 22.3 Å². The number of carbonyl (C=O) groups excluding carboxylic acids is 1. The minimum atomic E-state index is -0.748. The molecule has 0 radical (unpaired) electrons. The highest BCUT2D eigenvalue weighted by molar-refractivity contribution is 6.11. The number of furan rings is 1. The highest BCUT2D eigenvalue weighted by Gasteiger charge is 2.24. The average molecular weight is 315 g/mol. The summed E-state index contributed by atoms with van der Waals surface area (Å²) in [4.78, 5) is 22.1. The van der Waals surface area contributed by atoms with Crippen LogP contribution in [0.5, 0.6) is 5.75 Å². The molecule has 0 fully saturated rings. The number of phenols is 1. The molecule has 0 bridgehead atoms. The molecule has 6 nitrogen and oxygen atoms in total. The first-order chi connectivity index (χ1) is 10.9. The minimum Gasteiger partial charge on any atom is -0.502 e. The van der Waals surface area contributed by atoms with E-state index in [1.807, 2.05) is 0 Å². The number of aromatic hydroxyl groups is 1. The van der Waals surface area contributed by atoms with Gasteiger partial charge in [0.1, 0.15) is 17.2 Å². The molecule has 0 spiro atoms. The second kappa shape index (κ2) is 5.20. The maximum Gasteiger partial charge on any atom is 0.314 e. The van der Waals surface area contributed by atoms with Gasteiger partial charge in [0, 0.05) is 10.9 Å². The van der Waals surface area contributed by atoms with Crippen molar-refractivity contribution >= 4 is 22.4 Å². The van der Waals surface area contributed by atoms with Crippen LogP contribution in [0.3, 0.4) is 0 Å². The zero-order chi connectivity index (χ0) is 16.7. The van der Waals surface area contributed by atoms with Crippen LogP contribution >= 0.6 is 0 Å². The van der Waals surface area contributed by atoms with Crippen molar-refractivity contribution in [3.05, 3.63) is 57.9 Å². The molecular formula is C16H10FNO5. The van der Waals surface area contributed by atoms with Gasteiger partial charge in [-0.1, -0.05) is 0 Å². The fourth-order valence-corrected chi connectivity index (χ4v) is 2.42. The molecule has 116 valence electrons. The summed E-state index contributed by atoms with van der Waals surface area (Å²) in [5.74, 6) is -1.16. The van der Waals surface area contributed by atoms with E-state index in [0.29, 0.717) is 5.56 Å². The van der Waals surface area contributed by atoms with Crippen LogP contribution in [0.15, 0.2) is 40.8 Å². The van der Waals surface area contributed by atoms with E-state index < -0.39 is 22.2 Å². The van der Waals surface area contributed by atoms with Crippen molar-refractivity contribution in [1.29, 1.82) is 0 Å². The largest absolute Gasteiger partial charge is 0.502 e. The molecule has 0 amide bonds. The first-order valence-corrected chi connectivity index (χ1v) is 6.59. The Bertz CT molecular complexity index is 943. The fraction of sp³-hybridized carbons (Fsp3) is 0.0625. The third-order valence-corrected chi connectivity index (χ3v) is 3.44. The van der Waals surface area contributed by atoms with Crippen molar-refractivity contribution in [2.75, 3.05) is 0 Å². The Kier molecular flexibility index (Phi) is 3.33. The number of rotatable bonds is 3. The van der Waals surface area contributed by atoms with E-state index >= 15 is 0 Å². The maximum absolute atomic E-state index is 13.1. The smallest absolute Gasteiger partial charge is 0.314 e. The van der Waals surface area contributed by atoms with Crippen molar-refractivity contribution in [1.82, 2.24) is 0 Å². The lowest BCUT2D eigenvalue weighted by molar-refractivity contribution is -0.385. The summed E-state index contributed by atoms with van der Waals surface area (Å²) < 4.78 is 18.6. The summed E-state index contributed by atoms with van der Waals surface area (Å²) in [5.41, 5.74) is 0.206. The molecule has 1 aromatic heterocycles. The van der Waals surface area contributed by atoms with E-state index in [9.17, 15) is 24.4 Å². The summed E-state index contributed by atoms with van der Waals surface area (Å²) in [6.07, 6.45) is 0. The topological polar surface area (TPSA) is 93.6 Å². The number of nitrogens with zero attached hydrogens (tertiary/aromatic N) is 1. The molecule has 0 saturated carbocycles. The Labute approximate surface area is 128 Å². The van der Waals surface area contributed by atoms with Crippen LogP contribution in [0.1, 0.15) is 17.3 Å². The Hall–Kier alpha value is -3.22. The predicted molar refractivity (Wildman–Crippen MR) is 79.9 cm³/mol. The molecular weight excluding hydrogens is 305 g/mol. The van der Waals surface area contributed by atoms with Crippen LogP contribution in [0.4, 0.5) is 10.1 Å². The van der Waals surface area contributed by atoms with Crippen LogP contribution in [0, 0.1) is 15.9 Å². The number of halogens is 1. The Morgan fingerprint density at radius 2 is 1.91 bits per heavy atom. The number of ketones is 1. The van der Waals surface area contributed by atoms with E-state index in [-0.39, 0.29) is 28.1 Å². The number of Topliss-reactive ketones (excluding diaryl/α,β-unsaturated/α-hetero) is 1. The molecule has 0 unspecified atom stereocenters. The number of nitro groups is 1. The summed E-state index contributed by atoms with van der Waals surface area (Å²) in [5, 5.41) is 20.9. The molecule has 1 N–H and O–H groups in total. The summed E-state index contributed by atoms with van der Waals surface area (Å²) in [6, 6.07) is 7.49. The van der Waals surface area contributed by atoms with Gasteiger partial charge in [0.2, 0.25) is 0 Å². The average Bonchev–Trinajstić information content (AvgIpc) is 2.85. The van der Waals surface area contributed by atoms with Crippen molar-refractivity contribution in [2.45, 2.75) is 6.92 Å². The molecule has 1 heterocycles. The van der Waals surface area contributed by atoms with Crippen molar-refractivity contribution in [3.8, 4) is 17.1 Å². The number of benzene rings is 2. The predicted octanol–water partition coefficient (Wildman–Crippen LogP) is 4.06. The fourth-order valence-electron chi connectivity index (χ4n) is 2.42. The van der Waals surface area contributed by atoms with Crippen LogP contribution in [0.2, 0.25) is 0 Å². The first-order valence-electron chi connectivity index (χ1n) is 6.59. The first kappa shape index (κ1) is 14.7. The lowest BCUT2D eigenvalue weighted by atomic mass is 10.0. The lowest BCUT2D eigenvalue weighted by Crippen LogP contribution is -1.94. The number of hydrogen-bond acceptors (Lipinski definition) is 5. The van der Waals surface area contributed by atoms with E-state index in [1.54, 1.807) is 0 Å². The van der Waals surface area contributed by atoms with E-state index in [2.05, 4.69) is 0 Å². The molecule has 2 aromatic carbocycles.